The zero-order chi connectivity index (χ0) is 25.8. The van der Waals surface area contributed by atoms with Crippen LogP contribution in [0.3, 0.4) is 0 Å². The number of anilines is 3. The van der Waals surface area contributed by atoms with Crippen LogP contribution >= 0.6 is 0 Å². The van der Waals surface area contributed by atoms with E-state index in [1.54, 1.807) is 20.0 Å². The van der Waals surface area contributed by atoms with Crippen molar-refractivity contribution in [3.05, 3.63) is 53.1 Å². The molecular formula is C25H31F3N4O3. The summed E-state index contributed by atoms with van der Waals surface area (Å²) in [6, 6.07) is 8.15. The van der Waals surface area contributed by atoms with Crippen LogP contribution in [0.25, 0.3) is 0 Å². The van der Waals surface area contributed by atoms with Gasteiger partial charge in [0.15, 0.2) is 0 Å². The molecule has 0 aliphatic carbocycles. The number of likely N-dealkylation sites (N-methyl/N-ethyl adjacent to an activating group) is 1. The Kier molecular flexibility index (Phi) is 8.39. The quantitative estimate of drug-likeness (QED) is 0.610. The number of rotatable bonds is 7. The Labute approximate surface area is 203 Å². The Morgan fingerprint density at radius 2 is 1.77 bits per heavy atom. The molecule has 0 radical (unpaired) electrons. The molecule has 3 rings (SSSR count). The van der Waals surface area contributed by atoms with Crippen LogP contribution < -0.4 is 15.5 Å². The highest BCUT2D eigenvalue weighted by atomic mass is 19.4. The number of hydrogen-bond donors (Lipinski definition) is 2. The minimum Gasteiger partial charge on any atom is -0.378 e. The highest BCUT2D eigenvalue weighted by Gasteiger charge is 2.32. The van der Waals surface area contributed by atoms with Gasteiger partial charge in [-0.3, -0.25) is 14.5 Å². The van der Waals surface area contributed by atoms with Gasteiger partial charge in [0.25, 0.3) is 0 Å². The van der Waals surface area contributed by atoms with E-state index in [2.05, 4.69) is 10.6 Å². The zero-order valence-electron chi connectivity index (χ0n) is 20.3. The Balaban J connectivity index is 1.71. The number of halogens is 3. The molecule has 1 aliphatic rings. The second kappa shape index (κ2) is 11.1. The van der Waals surface area contributed by atoms with Crippen molar-refractivity contribution in [1.29, 1.82) is 0 Å². The van der Waals surface area contributed by atoms with Crippen molar-refractivity contribution in [1.82, 2.24) is 4.90 Å². The van der Waals surface area contributed by atoms with Crippen LogP contribution in [0.2, 0.25) is 0 Å². The second-order valence-electron chi connectivity index (χ2n) is 8.71. The topological polar surface area (TPSA) is 73.9 Å². The van der Waals surface area contributed by atoms with Gasteiger partial charge in [0.05, 0.1) is 42.7 Å². The molecule has 2 aromatic rings. The van der Waals surface area contributed by atoms with Crippen molar-refractivity contribution in [2.24, 2.45) is 0 Å². The largest absolute Gasteiger partial charge is 0.416 e. The van der Waals surface area contributed by atoms with Gasteiger partial charge in [-0.25, -0.2) is 0 Å². The zero-order valence-corrected chi connectivity index (χ0v) is 20.3. The number of alkyl halides is 3. The van der Waals surface area contributed by atoms with Crippen LogP contribution in [0.4, 0.5) is 30.2 Å². The molecule has 1 heterocycles. The van der Waals surface area contributed by atoms with Crippen molar-refractivity contribution >= 4 is 28.9 Å². The number of nitrogens with zero attached hydrogens (tertiary/aromatic N) is 2. The van der Waals surface area contributed by atoms with Gasteiger partial charge < -0.3 is 20.3 Å². The van der Waals surface area contributed by atoms with Crippen molar-refractivity contribution in [2.75, 3.05) is 55.4 Å². The molecular weight excluding hydrogens is 461 g/mol. The molecule has 0 aromatic heterocycles. The average molecular weight is 493 g/mol. The fraction of sp³-hybridized carbons (Fsp3) is 0.440. The first-order chi connectivity index (χ1) is 16.5. The standard InChI is InChI=1S/C25H31F3N4O3/c1-16-6-5-7-20(17(16)2)29-23(33)15-31(4)18(3)24(34)30-21-14-19(25(26,27)28)8-9-22(21)32-10-12-35-13-11-32/h5-9,14,18H,10-13,15H2,1-4H3,(H,29,33)(H,30,34)/t18-/m1/s1. The number of nitrogens with one attached hydrogen (secondary N) is 2. The number of aryl methyl sites for hydroxylation is 1. The summed E-state index contributed by atoms with van der Waals surface area (Å²) in [4.78, 5) is 29.0. The predicted molar refractivity (Wildman–Crippen MR) is 130 cm³/mol. The third-order valence-corrected chi connectivity index (χ3v) is 6.25. The molecule has 0 saturated carbocycles. The second-order valence-corrected chi connectivity index (χ2v) is 8.71. The molecule has 2 aromatic carbocycles. The van der Waals surface area contributed by atoms with E-state index in [-0.39, 0.29) is 18.1 Å². The van der Waals surface area contributed by atoms with Crippen molar-refractivity contribution in [3.8, 4) is 0 Å². The first kappa shape index (κ1) is 26.5. The van der Waals surface area contributed by atoms with E-state index in [9.17, 15) is 22.8 Å². The maximum atomic E-state index is 13.3. The van der Waals surface area contributed by atoms with Gasteiger partial charge >= 0.3 is 6.18 Å². The van der Waals surface area contributed by atoms with Crippen LogP contribution in [0.15, 0.2) is 36.4 Å². The maximum Gasteiger partial charge on any atom is 0.416 e. The fourth-order valence-electron chi connectivity index (χ4n) is 3.77. The molecule has 0 bridgehead atoms. The Hall–Kier alpha value is -3.11. The molecule has 7 nitrogen and oxygen atoms in total. The summed E-state index contributed by atoms with van der Waals surface area (Å²) in [7, 11) is 1.61. The van der Waals surface area contributed by atoms with E-state index in [0.29, 0.717) is 37.7 Å². The number of hydrogen-bond acceptors (Lipinski definition) is 5. The lowest BCUT2D eigenvalue weighted by atomic mass is 10.1. The number of carbonyl (C=O) groups is 2. The monoisotopic (exact) mass is 492 g/mol. The van der Waals surface area contributed by atoms with Crippen molar-refractivity contribution in [3.63, 3.8) is 0 Å². The van der Waals surface area contributed by atoms with Crippen LogP contribution in [0, 0.1) is 13.8 Å². The SMILES string of the molecule is Cc1cccc(NC(=O)CN(C)[C@H](C)C(=O)Nc2cc(C(F)(F)F)ccc2N2CCOCC2)c1C. The summed E-state index contributed by atoms with van der Waals surface area (Å²) < 4.78 is 45.4. The maximum absolute atomic E-state index is 13.3. The predicted octanol–water partition coefficient (Wildman–Crippen LogP) is 4.06. The Morgan fingerprint density at radius 1 is 1.09 bits per heavy atom. The van der Waals surface area contributed by atoms with Crippen molar-refractivity contribution in [2.45, 2.75) is 33.0 Å². The van der Waals surface area contributed by atoms with E-state index in [0.717, 1.165) is 23.3 Å². The van der Waals surface area contributed by atoms with Gasteiger partial charge in [0, 0.05) is 18.8 Å². The lowest BCUT2D eigenvalue weighted by molar-refractivity contribution is -0.137. The molecule has 10 heteroatoms. The summed E-state index contributed by atoms with van der Waals surface area (Å²) in [5.74, 6) is -0.810. The van der Waals surface area contributed by atoms with Gasteiger partial charge in [-0.2, -0.15) is 13.2 Å². The van der Waals surface area contributed by atoms with Gasteiger partial charge in [0.2, 0.25) is 11.8 Å². The molecule has 0 spiro atoms. The molecule has 0 unspecified atom stereocenters. The number of morpholine rings is 1. The summed E-state index contributed by atoms with van der Waals surface area (Å²) in [5, 5.41) is 5.49. The fourth-order valence-corrected chi connectivity index (χ4v) is 3.77. The molecule has 1 fully saturated rings. The van der Waals surface area contributed by atoms with E-state index >= 15 is 0 Å². The van der Waals surface area contributed by atoms with Gasteiger partial charge in [-0.15, -0.1) is 0 Å². The number of ether oxygens (including phenoxy) is 1. The van der Waals surface area contributed by atoms with Crippen LogP contribution in [0.1, 0.15) is 23.6 Å². The molecule has 2 amide bonds. The van der Waals surface area contributed by atoms with Gasteiger partial charge in [0.1, 0.15) is 0 Å². The first-order valence-electron chi connectivity index (χ1n) is 11.4. The van der Waals surface area contributed by atoms with Crippen molar-refractivity contribution < 1.29 is 27.5 Å². The molecule has 1 atom stereocenters. The average Bonchev–Trinajstić information content (AvgIpc) is 2.81. The minimum atomic E-state index is -4.54. The third-order valence-electron chi connectivity index (χ3n) is 6.25. The lowest BCUT2D eigenvalue weighted by Crippen LogP contribution is -2.43. The summed E-state index contributed by atoms with van der Waals surface area (Å²) in [6.45, 7) is 7.29. The Bertz CT molecular complexity index is 1070. The molecule has 1 aliphatic heterocycles. The van der Waals surface area contributed by atoms with Gasteiger partial charge in [-0.1, -0.05) is 12.1 Å². The van der Waals surface area contributed by atoms with E-state index in [1.165, 1.54) is 11.0 Å². The third kappa shape index (κ3) is 6.73. The number of benzene rings is 2. The molecule has 190 valence electrons. The molecule has 2 N–H and O–H groups in total. The lowest BCUT2D eigenvalue weighted by Gasteiger charge is -2.31. The van der Waals surface area contributed by atoms with E-state index in [1.807, 2.05) is 30.9 Å². The highest BCUT2D eigenvalue weighted by Crippen LogP contribution is 2.36. The van der Waals surface area contributed by atoms with Crippen LogP contribution in [0.5, 0.6) is 0 Å². The Morgan fingerprint density at radius 3 is 2.43 bits per heavy atom. The normalized spacial score (nSPS) is 15.1. The summed E-state index contributed by atoms with van der Waals surface area (Å²) in [5.41, 5.74) is 2.41. The minimum absolute atomic E-state index is 0.0686. The number of amides is 2. The highest BCUT2D eigenvalue weighted by molar-refractivity contribution is 5.98. The first-order valence-corrected chi connectivity index (χ1v) is 11.4. The summed E-state index contributed by atoms with van der Waals surface area (Å²) in [6.07, 6.45) is -4.54. The van der Waals surface area contributed by atoms with E-state index < -0.39 is 23.7 Å². The van der Waals surface area contributed by atoms with Crippen LogP contribution in [-0.2, 0) is 20.5 Å². The molecule has 1 saturated heterocycles. The van der Waals surface area contributed by atoms with E-state index in [4.69, 9.17) is 4.74 Å². The van der Waals surface area contributed by atoms with Gasteiger partial charge in [-0.05, 0) is 63.2 Å². The smallest absolute Gasteiger partial charge is 0.378 e. The number of carbonyl (C=O) groups excluding carboxylic acids is 2. The van der Waals surface area contributed by atoms with Crippen LogP contribution in [-0.4, -0.2) is 62.7 Å². The summed E-state index contributed by atoms with van der Waals surface area (Å²) >= 11 is 0. The molecule has 35 heavy (non-hydrogen) atoms.